The summed E-state index contributed by atoms with van der Waals surface area (Å²) in [7, 11) is 0. The topological polar surface area (TPSA) is 17.1 Å². The van der Waals surface area contributed by atoms with E-state index < -0.39 is 11.6 Å². The van der Waals surface area contributed by atoms with Crippen LogP contribution in [0.1, 0.15) is 76.2 Å². The highest BCUT2D eigenvalue weighted by molar-refractivity contribution is 5.82. The summed E-state index contributed by atoms with van der Waals surface area (Å²) >= 11 is 0. The Kier molecular flexibility index (Phi) is 5.68. The van der Waals surface area contributed by atoms with Gasteiger partial charge in [0.1, 0.15) is 5.78 Å². The number of carbonyl (C=O) groups is 1. The molecule has 0 N–H and O–H groups in total. The van der Waals surface area contributed by atoms with Crippen LogP contribution in [-0.2, 0) is 4.79 Å². The molecule has 0 aliphatic heterocycles. The van der Waals surface area contributed by atoms with Gasteiger partial charge in [0.15, 0.2) is 11.6 Å². The molecule has 1 nitrogen and oxygen atoms in total. The average molecular weight is 334 g/mol. The number of halogens is 2. The lowest BCUT2D eigenvalue weighted by Crippen LogP contribution is -2.32. The molecule has 2 saturated carbocycles. The Balaban J connectivity index is 1.55. The standard InChI is InChI=1S/C21H28F2O/c1-2-3-14-4-10-18(21(24)12-14)16-7-5-15(6-8-16)17-9-11-19(22)20(23)13-17/h9,11,13-16,18H,2-8,10,12H2,1H3/t14-,15?,16?,18+/m0/s1. The van der Waals surface area contributed by atoms with Gasteiger partial charge in [0.2, 0.25) is 0 Å². The SMILES string of the molecule is CCC[C@H]1CC[C@H](C2CCC(c3ccc(F)c(F)c3)CC2)C(=O)C1. The van der Waals surface area contributed by atoms with Gasteiger partial charge in [-0.15, -0.1) is 0 Å². The summed E-state index contributed by atoms with van der Waals surface area (Å²) in [6.07, 6.45) is 9.44. The van der Waals surface area contributed by atoms with Crippen molar-refractivity contribution in [3.8, 4) is 0 Å². The van der Waals surface area contributed by atoms with E-state index in [-0.39, 0.29) is 5.92 Å². The Morgan fingerprint density at radius 1 is 1.00 bits per heavy atom. The first-order chi connectivity index (χ1) is 11.6. The lowest BCUT2D eigenvalue weighted by atomic mass is 9.67. The Morgan fingerprint density at radius 3 is 2.38 bits per heavy atom. The van der Waals surface area contributed by atoms with Gasteiger partial charge in [-0.3, -0.25) is 4.79 Å². The van der Waals surface area contributed by atoms with Crippen LogP contribution < -0.4 is 0 Å². The van der Waals surface area contributed by atoms with Gasteiger partial charge in [-0.2, -0.15) is 0 Å². The highest BCUT2D eigenvalue weighted by Crippen LogP contribution is 2.43. The summed E-state index contributed by atoms with van der Waals surface area (Å²) in [5, 5.41) is 0. The minimum Gasteiger partial charge on any atom is -0.299 e. The number of hydrogen-bond acceptors (Lipinski definition) is 1. The maximum atomic E-state index is 13.4. The van der Waals surface area contributed by atoms with Crippen LogP contribution >= 0.6 is 0 Å². The summed E-state index contributed by atoms with van der Waals surface area (Å²) in [6, 6.07) is 4.29. The van der Waals surface area contributed by atoms with Gasteiger partial charge in [-0.1, -0.05) is 25.8 Å². The molecule has 2 fully saturated rings. The summed E-state index contributed by atoms with van der Waals surface area (Å²) in [6.45, 7) is 2.19. The van der Waals surface area contributed by atoms with Crippen LogP contribution in [0, 0.1) is 29.4 Å². The number of Topliss-reactive ketones (excluding diaryl/α,β-unsaturated/α-hetero) is 1. The van der Waals surface area contributed by atoms with Crippen molar-refractivity contribution in [2.24, 2.45) is 17.8 Å². The fourth-order valence-electron chi connectivity index (χ4n) is 4.89. The Hall–Kier alpha value is -1.25. The minimum absolute atomic E-state index is 0.254. The summed E-state index contributed by atoms with van der Waals surface area (Å²) in [4.78, 5) is 12.5. The molecule has 0 saturated heterocycles. The van der Waals surface area contributed by atoms with E-state index in [1.165, 1.54) is 31.4 Å². The van der Waals surface area contributed by atoms with Crippen molar-refractivity contribution < 1.29 is 13.6 Å². The van der Waals surface area contributed by atoms with Gasteiger partial charge in [-0.25, -0.2) is 8.78 Å². The molecule has 2 aliphatic rings. The molecule has 0 aromatic heterocycles. The minimum atomic E-state index is -0.776. The first-order valence-corrected chi connectivity index (χ1v) is 9.56. The van der Waals surface area contributed by atoms with Gasteiger partial charge in [0.05, 0.1) is 0 Å². The van der Waals surface area contributed by atoms with Crippen molar-refractivity contribution in [1.82, 2.24) is 0 Å². The Bertz CT molecular complexity index is 575. The van der Waals surface area contributed by atoms with Crippen molar-refractivity contribution in [3.63, 3.8) is 0 Å². The second-order valence-electron chi connectivity index (χ2n) is 7.79. The molecule has 24 heavy (non-hydrogen) atoms. The highest BCUT2D eigenvalue weighted by atomic mass is 19.2. The van der Waals surface area contributed by atoms with E-state index in [0.717, 1.165) is 44.1 Å². The molecule has 1 aromatic carbocycles. The predicted molar refractivity (Wildman–Crippen MR) is 91.8 cm³/mol. The van der Waals surface area contributed by atoms with Gasteiger partial charge < -0.3 is 0 Å². The van der Waals surface area contributed by atoms with Crippen molar-refractivity contribution in [2.45, 2.75) is 70.6 Å². The van der Waals surface area contributed by atoms with E-state index >= 15 is 0 Å². The van der Waals surface area contributed by atoms with Crippen molar-refractivity contribution in [3.05, 3.63) is 35.4 Å². The molecule has 132 valence electrons. The second kappa shape index (κ2) is 7.76. The lowest BCUT2D eigenvalue weighted by molar-refractivity contribution is -0.128. The van der Waals surface area contributed by atoms with Crippen LogP contribution in [0.25, 0.3) is 0 Å². The van der Waals surface area contributed by atoms with E-state index in [4.69, 9.17) is 0 Å². The second-order valence-corrected chi connectivity index (χ2v) is 7.79. The zero-order chi connectivity index (χ0) is 17.1. The number of hydrogen-bond donors (Lipinski definition) is 0. The van der Waals surface area contributed by atoms with Crippen molar-refractivity contribution in [2.75, 3.05) is 0 Å². The van der Waals surface area contributed by atoms with E-state index in [1.54, 1.807) is 6.07 Å². The van der Waals surface area contributed by atoms with Crippen LogP contribution in [0.4, 0.5) is 8.78 Å². The summed E-state index contributed by atoms with van der Waals surface area (Å²) in [5.41, 5.74) is 0.908. The summed E-state index contributed by atoms with van der Waals surface area (Å²) < 4.78 is 26.5. The Morgan fingerprint density at radius 2 is 1.75 bits per heavy atom. The van der Waals surface area contributed by atoms with Crippen LogP contribution in [0.2, 0.25) is 0 Å². The van der Waals surface area contributed by atoms with Crippen LogP contribution in [0.3, 0.4) is 0 Å². The summed E-state index contributed by atoms with van der Waals surface area (Å²) in [5.74, 6) is 0.627. The normalized spacial score (nSPS) is 31.2. The number of carbonyl (C=O) groups excluding carboxylic acids is 1. The van der Waals surface area contributed by atoms with Crippen LogP contribution in [-0.4, -0.2) is 5.78 Å². The molecule has 2 aliphatic carbocycles. The first kappa shape index (κ1) is 17.6. The molecule has 2 atom stereocenters. The van der Waals surface area contributed by atoms with E-state index in [2.05, 4.69) is 6.92 Å². The van der Waals surface area contributed by atoms with Crippen LogP contribution in [0.5, 0.6) is 0 Å². The number of ketones is 1. The molecule has 3 heteroatoms. The fraction of sp³-hybridized carbons (Fsp3) is 0.667. The third-order valence-corrected chi connectivity index (χ3v) is 6.24. The van der Waals surface area contributed by atoms with Crippen molar-refractivity contribution in [1.29, 1.82) is 0 Å². The number of benzene rings is 1. The van der Waals surface area contributed by atoms with E-state index in [0.29, 0.717) is 23.5 Å². The molecule has 0 amide bonds. The number of rotatable bonds is 4. The van der Waals surface area contributed by atoms with Crippen molar-refractivity contribution >= 4 is 5.78 Å². The third-order valence-electron chi connectivity index (χ3n) is 6.24. The molecular formula is C21H28F2O. The molecule has 0 bridgehead atoms. The van der Waals surface area contributed by atoms with Crippen LogP contribution in [0.15, 0.2) is 18.2 Å². The molecule has 3 rings (SSSR count). The van der Waals surface area contributed by atoms with Gasteiger partial charge in [-0.05, 0) is 74.0 Å². The predicted octanol–water partition coefficient (Wildman–Crippen LogP) is 6.02. The molecular weight excluding hydrogens is 306 g/mol. The average Bonchev–Trinajstić information content (AvgIpc) is 2.58. The third kappa shape index (κ3) is 3.87. The largest absolute Gasteiger partial charge is 0.299 e. The van der Waals surface area contributed by atoms with Gasteiger partial charge in [0.25, 0.3) is 0 Å². The van der Waals surface area contributed by atoms with E-state index in [9.17, 15) is 13.6 Å². The van der Waals surface area contributed by atoms with Gasteiger partial charge in [0, 0.05) is 12.3 Å². The van der Waals surface area contributed by atoms with Gasteiger partial charge >= 0.3 is 0 Å². The lowest BCUT2D eigenvalue weighted by Gasteiger charge is -2.37. The molecule has 0 heterocycles. The fourth-order valence-corrected chi connectivity index (χ4v) is 4.89. The molecule has 0 radical (unpaired) electrons. The Labute approximate surface area is 143 Å². The monoisotopic (exact) mass is 334 g/mol. The first-order valence-electron chi connectivity index (χ1n) is 9.56. The maximum absolute atomic E-state index is 13.4. The molecule has 1 aromatic rings. The maximum Gasteiger partial charge on any atom is 0.159 e. The zero-order valence-corrected chi connectivity index (χ0v) is 14.6. The zero-order valence-electron chi connectivity index (χ0n) is 14.6. The molecule has 0 spiro atoms. The molecule has 0 unspecified atom stereocenters. The highest BCUT2D eigenvalue weighted by Gasteiger charge is 2.36. The quantitative estimate of drug-likeness (QED) is 0.657. The van der Waals surface area contributed by atoms with E-state index in [1.807, 2.05) is 0 Å². The smallest absolute Gasteiger partial charge is 0.159 e.